The second-order valence-electron chi connectivity index (χ2n) is 7.11. The fraction of sp³-hybridized carbons (Fsp3) is 0.333. The third kappa shape index (κ3) is 3.41. The molecule has 0 aliphatic carbocycles. The number of fused-ring (bicyclic) bond motifs is 2. The minimum atomic E-state index is -0.527. The van der Waals surface area contributed by atoms with Gasteiger partial charge in [-0.05, 0) is 36.2 Å². The number of benzene rings is 2. The van der Waals surface area contributed by atoms with Gasteiger partial charge in [0.2, 0.25) is 18.6 Å². The summed E-state index contributed by atoms with van der Waals surface area (Å²) in [6.45, 7) is 1.53. The van der Waals surface area contributed by atoms with E-state index in [2.05, 4.69) is 5.32 Å². The van der Waals surface area contributed by atoms with Gasteiger partial charge in [-0.15, -0.1) is 0 Å². The molecule has 0 bridgehead atoms. The van der Waals surface area contributed by atoms with Crippen molar-refractivity contribution in [3.05, 3.63) is 42.0 Å². The van der Waals surface area contributed by atoms with E-state index in [0.717, 1.165) is 5.56 Å². The van der Waals surface area contributed by atoms with Gasteiger partial charge in [0.15, 0.2) is 23.0 Å². The second kappa shape index (κ2) is 7.20. The highest BCUT2D eigenvalue weighted by Crippen LogP contribution is 2.35. The Labute approximate surface area is 167 Å². The van der Waals surface area contributed by atoms with E-state index < -0.39 is 6.04 Å². The summed E-state index contributed by atoms with van der Waals surface area (Å²) in [6, 6.07) is 10.3. The molecule has 8 heteroatoms. The van der Waals surface area contributed by atoms with E-state index >= 15 is 0 Å². The normalized spacial score (nSPS) is 19.4. The maximum atomic E-state index is 12.9. The zero-order valence-electron chi connectivity index (χ0n) is 15.7. The first-order chi connectivity index (χ1) is 14.2. The van der Waals surface area contributed by atoms with Crippen molar-refractivity contribution in [2.75, 3.05) is 25.3 Å². The number of likely N-dealkylation sites (tertiary alicyclic amines) is 1. The number of carbonyl (C=O) groups excluding carboxylic acids is 2. The maximum Gasteiger partial charge on any atom is 0.247 e. The molecule has 3 aliphatic rings. The van der Waals surface area contributed by atoms with Gasteiger partial charge in [-0.3, -0.25) is 9.59 Å². The first-order valence-corrected chi connectivity index (χ1v) is 9.56. The highest BCUT2D eigenvalue weighted by Gasteiger charge is 2.36. The highest BCUT2D eigenvalue weighted by atomic mass is 16.7. The Bertz CT molecular complexity index is 976. The lowest BCUT2D eigenvalue weighted by Crippen LogP contribution is -2.41. The Hall–Kier alpha value is -3.42. The van der Waals surface area contributed by atoms with Gasteiger partial charge in [-0.1, -0.05) is 6.07 Å². The number of hydrogen-bond donors (Lipinski definition) is 1. The molecule has 2 aromatic rings. The van der Waals surface area contributed by atoms with Gasteiger partial charge < -0.3 is 29.2 Å². The van der Waals surface area contributed by atoms with E-state index in [1.54, 1.807) is 23.1 Å². The molecule has 0 saturated carbocycles. The van der Waals surface area contributed by atoms with E-state index in [1.807, 2.05) is 18.2 Å². The molecular formula is C21H20N2O6. The van der Waals surface area contributed by atoms with Crippen LogP contribution < -0.4 is 24.3 Å². The molecule has 1 saturated heterocycles. The van der Waals surface area contributed by atoms with Crippen molar-refractivity contribution in [3.63, 3.8) is 0 Å². The van der Waals surface area contributed by atoms with Gasteiger partial charge in [0.25, 0.3) is 0 Å². The molecule has 8 nitrogen and oxygen atoms in total. The minimum Gasteiger partial charge on any atom is -0.486 e. The Balaban J connectivity index is 1.30. The van der Waals surface area contributed by atoms with Crippen LogP contribution in [0, 0.1) is 0 Å². The molecule has 29 heavy (non-hydrogen) atoms. The van der Waals surface area contributed by atoms with Crippen LogP contribution in [0.15, 0.2) is 36.4 Å². The first kappa shape index (κ1) is 17.7. The summed E-state index contributed by atoms with van der Waals surface area (Å²) >= 11 is 0. The number of carbonyl (C=O) groups is 2. The second-order valence-corrected chi connectivity index (χ2v) is 7.11. The topological polar surface area (TPSA) is 86.3 Å². The van der Waals surface area contributed by atoms with Crippen LogP contribution in [-0.4, -0.2) is 42.8 Å². The quantitative estimate of drug-likeness (QED) is 0.854. The zero-order valence-corrected chi connectivity index (χ0v) is 15.7. The van der Waals surface area contributed by atoms with Crippen LogP contribution >= 0.6 is 0 Å². The number of amides is 2. The number of nitrogens with zero attached hydrogens (tertiary/aromatic N) is 1. The molecule has 1 unspecified atom stereocenters. The molecule has 3 aliphatic heterocycles. The minimum absolute atomic E-state index is 0.0370. The van der Waals surface area contributed by atoms with Crippen LogP contribution in [-0.2, 0) is 16.1 Å². The highest BCUT2D eigenvalue weighted by molar-refractivity contribution is 5.99. The number of ether oxygens (including phenoxy) is 4. The maximum absolute atomic E-state index is 12.9. The smallest absolute Gasteiger partial charge is 0.247 e. The predicted molar refractivity (Wildman–Crippen MR) is 102 cm³/mol. The Morgan fingerprint density at radius 2 is 1.69 bits per heavy atom. The van der Waals surface area contributed by atoms with Crippen molar-refractivity contribution in [2.24, 2.45) is 0 Å². The average Bonchev–Trinajstić information content (AvgIpc) is 3.34. The molecule has 1 N–H and O–H groups in total. The lowest BCUT2D eigenvalue weighted by molar-refractivity contribution is -0.133. The predicted octanol–water partition coefficient (Wildman–Crippen LogP) is 2.32. The molecule has 150 valence electrons. The third-order valence-electron chi connectivity index (χ3n) is 5.23. The van der Waals surface area contributed by atoms with Crippen LogP contribution in [0.5, 0.6) is 23.0 Å². The van der Waals surface area contributed by atoms with Crippen LogP contribution in [0.2, 0.25) is 0 Å². The van der Waals surface area contributed by atoms with Crippen LogP contribution in [0.3, 0.4) is 0 Å². The summed E-state index contributed by atoms with van der Waals surface area (Å²) in [6.07, 6.45) is 0.837. The van der Waals surface area contributed by atoms with Gasteiger partial charge in [-0.2, -0.15) is 0 Å². The molecule has 0 spiro atoms. The fourth-order valence-corrected chi connectivity index (χ4v) is 3.79. The van der Waals surface area contributed by atoms with Gasteiger partial charge in [0.05, 0.1) is 0 Å². The lowest BCUT2D eigenvalue weighted by Gasteiger charge is -2.25. The largest absolute Gasteiger partial charge is 0.486 e. The van der Waals surface area contributed by atoms with Crippen LogP contribution in [0.1, 0.15) is 18.4 Å². The molecule has 0 radical (unpaired) electrons. The number of hydrogen-bond acceptors (Lipinski definition) is 6. The van der Waals surface area contributed by atoms with E-state index in [1.165, 1.54) is 0 Å². The standard InChI is InChI=1S/C21H20N2O6/c24-20-6-3-15(23(20)11-13-1-4-17-18(9-13)29-12-28-17)21(25)22-14-2-5-16-19(10-14)27-8-7-26-16/h1-2,4-5,9-10,15H,3,6-8,11-12H2,(H,22,25). The first-order valence-electron chi connectivity index (χ1n) is 9.56. The monoisotopic (exact) mass is 396 g/mol. The van der Waals surface area contributed by atoms with Crippen molar-refractivity contribution in [3.8, 4) is 23.0 Å². The summed E-state index contributed by atoms with van der Waals surface area (Å²) in [7, 11) is 0. The van der Waals surface area contributed by atoms with Crippen molar-refractivity contribution in [2.45, 2.75) is 25.4 Å². The number of rotatable bonds is 4. The third-order valence-corrected chi connectivity index (χ3v) is 5.23. The molecule has 1 atom stereocenters. The molecular weight excluding hydrogens is 376 g/mol. The Morgan fingerprint density at radius 1 is 0.966 bits per heavy atom. The van der Waals surface area contributed by atoms with Crippen LogP contribution in [0.25, 0.3) is 0 Å². The molecule has 1 fully saturated rings. The summed E-state index contributed by atoms with van der Waals surface area (Å²) in [5.41, 5.74) is 1.50. The van der Waals surface area contributed by atoms with E-state index in [0.29, 0.717) is 61.3 Å². The lowest BCUT2D eigenvalue weighted by atomic mass is 10.1. The summed E-state index contributed by atoms with van der Waals surface area (Å²) in [5, 5.41) is 2.90. The summed E-state index contributed by atoms with van der Waals surface area (Å²) in [5.74, 6) is 2.36. The molecule has 3 heterocycles. The van der Waals surface area contributed by atoms with E-state index in [9.17, 15) is 9.59 Å². The Kier molecular flexibility index (Phi) is 4.38. The van der Waals surface area contributed by atoms with Gasteiger partial charge in [0.1, 0.15) is 19.3 Å². The molecule has 2 amide bonds. The van der Waals surface area contributed by atoms with Crippen molar-refractivity contribution >= 4 is 17.5 Å². The average molecular weight is 396 g/mol. The Morgan fingerprint density at radius 3 is 2.59 bits per heavy atom. The fourth-order valence-electron chi connectivity index (χ4n) is 3.79. The van der Waals surface area contributed by atoms with Crippen LogP contribution in [0.4, 0.5) is 5.69 Å². The van der Waals surface area contributed by atoms with E-state index in [4.69, 9.17) is 18.9 Å². The van der Waals surface area contributed by atoms with Crippen molar-refractivity contribution in [1.29, 1.82) is 0 Å². The van der Waals surface area contributed by atoms with Crippen molar-refractivity contribution in [1.82, 2.24) is 4.90 Å². The van der Waals surface area contributed by atoms with Gasteiger partial charge in [0, 0.05) is 24.7 Å². The van der Waals surface area contributed by atoms with Gasteiger partial charge >= 0.3 is 0 Å². The van der Waals surface area contributed by atoms with E-state index in [-0.39, 0.29) is 18.6 Å². The SMILES string of the molecule is O=C(Nc1ccc2c(c1)OCCO2)C1CCC(=O)N1Cc1ccc2c(c1)OCO2. The molecule has 5 rings (SSSR count). The van der Waals surface area contributed by atoms with Crippen molar-refractivity contribution < 1.29 is 28.5 Å². The number of nitrogens with one attached hydrogen (secondary N) is 1. The molecule has 0 aromatic heterocycles. The number of anilines is 1. The van der Waals surface area contributed by atoms with Gasteiger partial charge in [-0.25, -0.2) is 0 Å². The zero-order chi connectivity index (χ0) is 19.8. The summed E-state index contributed by atoms with van der Waals surface area (Å²) in [4.78, 5) is 26.9. The summed E-state index contributed by atoms with van der Waals surface area (Å²) < 4.78 is 21.8. The molecule has 2 aromatic carbocycles.